The number of rotatable bonds is 3. The van der Waals surface area contributed by atoms with E-state index >= 15 is 0 Å². The summed E-state index contributed by atoms with van der Waals surface area (Å²) in [6.07, 6.45) is 3.32. The van der Waals surface area contributed by atoms with Crippen molar-refractivity contribution in [3.63, 3.8) is 0 Å². The molecule has 0 amide bonds. The fourth-order valence-electron chi connectivity index (χ4n) is 3.21. The molecule has 8 heteroatoms. The van der Waals surface area contributed by atoms with E-state index in [2.05, 4.69) is 10.2 Å². The van der Waals surface area contributed by atoms with Crippen LogP contribution in [0.15, 0.2) is 41.5 Å². The third-order valence-electron chi connectivity index (χ3n) is 4.63. The van der Waals surface area contributed by atoms with E-state index in [-0.39, 0.29) is 17.2 Å². The predicted molar refractivity (Wildman–Crippen MR) is 95.3 cm³/mol. The first-order valence-electron chi connectivity index (χ1n) is 8.10. The van der Waals surface area contributed by atoms with E-state index < -0.39 is 5.97 Å². The maximum Gasteiger partial charge on any atom is 0.341 e. The molecule has 1 atom stereocenters. The molecule has 0 radical (unpaired) electrons. The summed E-state index contributed by atoms with van der Waals surface area (Å²) < 4.78 is 8.62. The average molecular weight is 351 g/mol. The summed E-state index contributed by atoms with van der Waals surface area (Å²) in [5, 5.41) is 6.33. The molecule has 132 valence electrons. The smallest absolute Gasteiger partial charge is 0.341 e. The number of aryl methyl sites for hydroxylation is 1. The third-order valence-corrected chi connectivity index (χ3v) is 4.63. The summed E-state index contributed by atoms with van der Waals surface area (Å²) in [7, 11) is 3.24. The Morgan fingerprint density at radius 3 is 2.77 bits per heavy atom. The van der Waals surface area contributed by atoms with E-state index in [0.717, 1.165) is 16.9 Å². The molecular weight excluding hydrogens is 334 g/mol. The first-order chi connectivity index (χ1) is 12.5. The van der Waals surface area contributed by atoms with Gasteiger partial charge in [0.15, 0.2) is 0 Å². The number of esters is 1. The van der Waals surface area contributed by atoms with Gasteiger partial charge in [-0.05, 0) is 19.1 Å². The number of aromatic nitrogens is 5. The Hall–Kier alpha value is -3.42. The van der Waals surface area contributed by atoms with Gasteiger partial charge in [-0.2, -0.15) is 5.10 Å². The van der Waals surface area contributed by atoms with Crippen molar-refractivity contribution < 1.29 is 9.53 Å². The number of methoxy groups -OCH3 is 1. The lowest BCUT2D eigenvalue weighted by molar-refractivity contribution is 0.0600. The Balaban J connectivity index is 1.91. The number of hydrogen-bond acceptors (Lipinski definition) is 5. The Kier molecular flexibility index (Phi) is 3.61. The van der Waals surface area contributed by atoms with Gasteiger partial charge in [-0.25, -0.2) is 14.9 Å². The van der Waals surface area contributed by atoms with Crippen LogP contribution in [0.3, 0.4) is 0 Å². The first-order valence-corrected chi connectivity index (χ1v) is 8.10. The van der Waals surface area contributed by atoms with Crippen LogP contribution in [0.1, 0.15) is 29.1 Å². The van der Waals surface area contributed by atoms with Crippen molar-refractivity contribution >= 4 is 17.0 Å². The summed E-state index contributed by atoms with van der Waals surface area (Å²) in [4.78, 5) is 28.9. The number of fused-ring (bicyclic) bond motifs is 2. The molecule has 0 fully saturated rings. The number of ether oxygens (including phenoxy) is 1. The standard InChI is InChI=1S/C18H17N5O3/c1-10(16-19-13-6-4-5-7-14(13)22(16)2)23-8-11-15(20-21-17(11)24)12(9-23)18(25)26-3/h4-10H,1-3H3,(H,21,24)/t10-/m0/s1. The van der Waals surface area contributed by atoms with Crippen molar-refractivity contribution in [2.75, 3.05) is 7.11 Å². The SMILES string of the molecule is COC(=O)c1cn([C@@H](C)c2nc3ccccc3n2C)cc2c(=O)[nH]nc1-2. The Bertz CT molecular complexity index is 1150. The van der Waals surface area contributed by atoms with Crippen LogP contribution in [0.5, 0.6) is 0 Å². The summed E-state index contributed by atoms with van der Waals surface area (Å²) >= 11 is 0. The van der Waals surface area contributed by atoms with Gasteiger partial charge in [-0.3, -0.25) is 4.79 Å². The molecule has 4 rings (SSSR count). The van der Waals surface area contributed by atoms with Crippen molar-refractivity contribution in [2.24, 2.45) is 7.05 Å². The zero-order valence-corrected chi connectivity index (χ0v) is 14.6. The van der Waals surface area contributed by atoms with Gasteiger partial charge in [-0.15, -0.1) is 0 Å². The number of imidazole rings is 1. The minimum Gasteiger partial charge on any atom is -0.465 e. The molecular formula is C18H17N5O3. The Morgan fingerprint density at radius 1 is 1.27 bits per heavy atom. The molecule has 0 bridgehead atoms. The highest BCUT2D eigenvalue weighted by atomic mass is 16.5. The average Bonchev–Trinajstić information content (AvgIpc) is 3.20. The molecule has 3 heterocycles. The van der Waals surface area contributed by atoms with Crippen LogP contribution in [0.4, 0.5) is 0 Å². The third kappa shape index (κ3) is 2.30. The molecule has 8 nitrogen and oxygen atoms in total. The molecule has 2 aliphatic heterocycles. The fourth-order valence-corrected chi connectivity index (χ4v) is 3.21. The second kappa shape index (κ2) is 5.83. The van der Waals surface area contributed by atoms with Gasteiger partial charge in [-0.1, -0.05) is 12.1 Å². The number of nitrogens with zero attached hydrogens (tertiary/aromatic N) is 4. The van der Waals surface area contributed by atoms with Crippen LogP contribution in [0, 0.1) is 0 Å². The van der Waals surface area contributed by atoms with Gasteiger partial charge < -0.3 is 13.9 Å². The molecule has 0 spiro atoms. The zero-order valence-electron chi connectivity index (χ0n) is 14.6. The number of pyridine rings is 1. The quantitative estimate of drug-likeness (QED) is 0.569. The summed E-state index contributed by atoms with van der Waals surface area (Å²) in [6.45, 7) is 1.96. The number of carbonyl (C=O) groups is 1. The number of hydrogen-bond donors (Lipinski definition) is 1. The molecule has 0 saturated heterocycles. The van der Waals surface area contributed by atoms with Crippen LogP contribution in [0.2, 0.25) is 0 Å². The Morgan fingerprint density at radius 2 is 2.04 bits per heavy atom. The molecule has 1 N–H and O–H groups in total. The highest BCUT2D eigenvalue weighted by Crippen LogP contribution is 2.26. The van der Waals surface area contributed by atoms with E-state index in [9.17, 15) is 9.59 Å². The van der Waals surface area contributed by atoms with Crippen LogP contribution in [-0.4, -0.2) is 37.4 Å². The van der Waals surface area contributed by atoms with Crippen LogP contribution >= 0.6 is 0 Å². The molecule has 0 saturated carbocycles. The lowest BCUT2D eigenvalue weighted by Crippen LogP contribution is -2.17. The van der Waals surface area contributed by atoms with Crippen molar-refractivity contribution in [1.82, 2.24) is 24.3 Å². The maximum atomic E-state index is 12.1. The van der Waals surface area contributed by atoms with Gasteiger partial charge in [0.25, 0.3) is 5.56 Å². The predicted octanol–water partition coefficient (Wildman–Crippen LogP) is 1.96. The second-order valence-corrected chi connectivity index (χ2v) is 6.12. The van der Waals surface area contributed by atoms with Gasteiger partial charge in [0.1, 0.15) is 17.1 Å². The first kappa shape index (κ1) is 16.1. The van der Waals surface area contributed by atoms with Gasteiger partial charge in [0.05, 0.1) is 29.7 Å². The zero-order chi connectivity index (χ0) is 18.4. The lowest BCUT2D eigenvalue weighted by Gasteiger charge is -2.18. The van der Waals surface area contributed by atoms with Gasteiger partial charge in [0.2, 0.25) is 0 Å². The monoisotopic (exact) mass is 351 g/mol. The normalized spacial score (nSPS) is 12.6. The number of H-pyrrole nitrogens is 1. The summed E-state index contributed by atoms with van der Waals surface area (Å²) in [5.74, 6) is 0.260. The number of nitrogens with one attached hydrogen (secondary N) is 1. The van der Waals surface area contributed by atoms with Crippen molar-refractivity contribution in [3.05, 3.63) is 58.4 Å². The van der Waals surface area contributed by atoms with E-state index in [1.807, 2.05) is 42.8 Å². The minimum absolute atomic E-state index is 0.213. The maximum absolute atomic E-state index is 12.1. The topological polar surface area (TPSA) is 94.8 Å². The van der Waals surface area contributed by atoms with Gasteiger partial charge >= 0.3 is 5.97 Å². The molecule has 1 aromatic heterocycles. The molecule has 0 unspecified atom stereocenters. The number of carbonyl (C=O) groups excluding carboxylic acids is 1. The molecule has 26 heavy (non-hydrogen) atoms. The van der Waals surface area contributed by atoms with Crippen molar-refractivity contribution in [3.8, 4) is 11.3 Å². The van der Waals surface area contributed by atoms with Crippen molar-refractivity contribution in [1.29, 1.82) is 0 Å². The summed E-state index contributed by atoms with van der Waals surface area (Å²) in [5.41, 5.74) is 2.41. The lowest BCUT2D eigenvalue weighted by atomic mass is 10.1. The van der Waals surface area contributed by atoms with Crippen LogP contribution < -0.4 is 5.56 Å². The van der Waals surface area contributed by atoms with Crippen LogP contribution in [-0.2, 0) is 11.8 Å². The molecule has 0 aliphatic carbocycles. The van der Waals surface area contributed by atoms with Gasteiger partial charge in [0, 0.05) is 19.4 Å². The number of para-hydroxylation sites is 2. The van der Waals surface area contributed by atoms with E-state index in [4.69, 9.17) is 9.72 Å². The molecule has 2 aromatic rings. The second-order valence-electron chi connectivity index (χ2n) is 6.12. The minimum atomic E-state index is -0.548. The van der Waals surface area contributed by atoms with Crippen molar-refractivity contribution in [2.45, 2.75) is 13.0 Å². The van der Waals surface area contributed by atoms with E-state index in [1.165, 1.54) is 7.11 Å². The fraction of sp³-hybridized carbons (Fsp3) is 0.222. The molecule has 2 aliphatic rings. The van der Waals surface area contributed by atoms with E-state index in [0.29, 0.717) is 11.3 Å². The number of benzene rings is 1. The highest BCUT2D eigenvalue weighted by molar-refractivity contribution is 5.96. The Labute approximate surface area is 148 Å². The van der Waals surface area contributed by atoms with E-state index in [1.54, 1.807) is 17.0 Å². The summed E-state index contributed by atoms with van der Waals surface area (Å²) in [6, 6.07) is 7.63. The largest absolute Gasteiger partial charge is 0.465 e. The number of aromatic amines is 1. The van der Waals surface area contributed by atoms with Crippen LogP contribution in [0.25, 0.3) is 22.3 Å². The molecule has 1 aromatic carbocycles. The highest BCUT2D eigenvalue weighted by Gasteiger charge is 2.24.